The number of carbonyl (C=O) groups is 3. The molecular weight excluding hydrogens is 298 g/mol. The predicted molar refractivity (Wildman–Crippen MR) is 83.8 cm³/mol. The average molecular weight is 315 g/mol. The fourth-order valence-electron chi connectivity index (χ4n) is 2.22. The normalized spacial score (nSPS) is 16.2. The Morgan fingerprint density at radius 2 is 2.22 bits per heavy atom. The fraction of sp³-hybridized carbons (Fsp3) is 0.267. The highest BCUT2D eigenvalue weighted by Gasteiger charge is 2.29. The lowest BCUT2D eigenvalue weighted by atomic mass is 10.1. The molecule has 0 fully saturated rings. The van der Waals surface area contributed by atoms with Crippen molar-refractivity contribution in [3.63, 3.8) is 0 Å². The summed E-state index contributed by atoms with van der Waals surface area (Å²) in [5, 5.41) is 10.6. The second-order valence-electron chi connectivity index (χ2n) is 5.02. The molecule has 1 aliphatic rings. The maximum atomic E-state index is 12.2. The number of aromatic nitrogens is 1. The molecular formula is C15H17N5O3. The lowest BCUT2D eigenvalue weighted by molar-refractivity contribution is -0.134. The van der Waals surface area contributed by atoms with Crippen LogP contribution in [0.3, 0.4) is 0 Å². The summed E-state index contributed by atoms with van der Waals surface area (Å²) in [7, 11) is 0. The zero-order chi connectivity index (χ0) is 17.0. The Bertz CT molecular complexity index is 698. The summed E-state index contributed by atoms with van der Waals surface area (Å²) in [4.78, 5) is 40.2. The molecule has 0 unspecified atom stereocenters. The van der Waals surface area contributed by atoms with E-state index in [0.29, 0.717) is 12.0 Å². The van der Waals surface area contributed by atoms with Gasteiger partial charge in [-0.3, -0.25) is 19.8 Å². The fourth-order valence-corrected chi connectivity index (χ4v) is 2.22. The average Bonchev–Trinajstić information content (AvgIpc) is 3.02. The summed E-state index contributed by atoms with van der Waals surface area (Å²) in [6.45, 7) is 1.15. The molecule has 0 bridgehead atoms. The van der Waals surface area contributed by atoms with Crippen LogP contribution in [-0.2, 0) is 14.4 Å². The lowest BCUT2D eigenvalue weighted by Gasteiger charge is -2.21. The SMILES string of the molecule is CC(=O)C(=N)c1cccnc1NCC(=O)N1C=CC[C@H]1C(N)=O. The van der Waals surface area contributed by atoms with Crippen LogP contribution in [0.15, 0.2) is 30.6 Å². The third-order valence-electron chi connectivity index (χ3n) is 3.41. The molecule has 120 valence electrons. The highest BCUT2D eigenvalue weighted by molar-refractivity contribution is 6.45. The van der Waals surface area contributed by atoms with Crippen molar-refractivity contribution in [1.82, 2.24) is 9.88 Å². The molecule has 1 aliphatic heterocycles. The second kappa shape index (κ2) is 6.82. The van der Waals surface area contributed by atoms with Crippen LogP contribution in [0.4, 0.5) is 5.82 Å². The number of primary amides is 1. The quantitative estimate of drug-likeness (QED) is 0.639. The molecule has 2 heterocycles. The number of pyridine rings is 1. The van der Waals surface area contributed by atoms with Crippen molar-refractivity contribution in [2.45, 2.75) is 19.4 Å². The Hall–Kier alpha value is -3.03. The van der Waals surface area contributed by atoms with Crippen molar-refractivity contribution < 1.29 is 14.4 Å². The summed E-state index contributed by atoms with van der Waals surface area (Å²) < 4.78 is 0. The largest absolute Gasteiger partial charge is 0.368 e. The van der Waals surface area contributed by atoms with E-state index in [1.807, 2.05) is 0 Å². The molecule has 0 saturated heterocycles. The summed E-state index contributed by atoms with van der Waals surface area (Å²) in [5.41, 5.74) is 5.38. The Kier molecular flexibility index (Phi) is 4.85. The number of amides is 2. The maximum Gasteiger partial charge on any atom is 0.246 e. The van der Waals surface area contributed by atoms with E-state index < -0.39 is 17.7 Å². The van der Waals surface area contributed by atoms with E-state index in [1.165, 1.54) is 24.2 Å². The van der Waals surface area contributed by atoms with Crippen molar-refractivity contribution in [3.05, 3.63) is 36.2 Å². The molecule has 4 N–H and O–H groups in total. The first kappa shape index (κ1) is 16.3. The van der Waals surface area contributed by atoms with Gasteiger partial charge in [-0.25, -0.2) is 4.98 Å². The van der Waals surface area contributed by atoms with Gasteiger partial charge in [0, 0.05) is 24.9 Å². The summed E-state index contributed by atoms with van der Waals surface area (Å²) in [6, 6.07) is 2.50. The Morgan fingerprint density at radius 3 is 2.87 bits per heavy atom. The first-order valence-corrected chi connectivity index (χ1v) is 6.97. The van der Waals surface area contributed by atoms with Gasteiger partial charge in [0.1, 0.15) is 17.6 Å². The molecule has 8 heteroatoms. The first-order chi connectivity index (χ1) is 10.9. The zero-order valence-corrected chi connectivity index (χ0v) is 12.6. The van der Waals surface area contributed by atoms with E-state index in [9.17, 15) is 14.4 Å². The third kappa shape index (κ3) is 3.60. The molecule has 0 saturated carbocycles. The van der Waals surface area contributed by atoms with Gasteiger partial charge in [-0.2, -0.15) is 0 Å². The topological polar surface area (TPSA) is 129 Å². The second-order valence-corrected chi connectivity index (χ2v) is 5.02. The van der Waals surface area contributed by atoms with Crippen LogP contribution < -0.4 is 11.1 Å². The Morgan fingerprint density at radius 1 is 1.48 bits per heavy atom. The van der Waals surface area contributed by atoms with Gasteiger partial charge < -0.3 is 16.0 Å². The standard InChI is InChI=1S/C15H17N5O3/c1-9(21)13(16)10-4-2-6-18-15(10)19-8-12(22)20-7-3-5-11(20)14(17)23/h2-4,6-7,11,16H,5,8H2,1H3,(H2,17,23)(H,18,19)/t11-/m0/s1. The Labute approximate surface area is 132 Å². The molecule has 1 aromatic rings. The van der Waals surface area contributed by atoms with Gasteiger partial charge >= 0.3 is 0 Å². The lowest BCUT2D eigenvalue weighted by Crippen LogP contribution is -2.44. The van der Waals surface area contributed by atoms with Crippen LogP contribution in [0.25, 0.3) is 0 Å². The number of hydrogen-bond donors (Lipinski definition) is 3. The van der Waals surface area contributed by atoms with Gasteiger partial charge in [-0.1, -0.05) is 6.08 Å². The van der Waals surface area contributed by atoms with Crippen molar-refractivity contribution in [2.75, 3.05) is 11.9 Å². The van der Waals surface area contributed by atoms with E-state index >= 15 is 0 Å². The number of carbonyl (C=O) groups excluding carboxylic acids is 3. The first-order valence-electron chi connectivity index (χ1n) is 6.97. The minimum absolute atomic E-state index is 0.136. The van der Waals surface area contributed by atoms with E-state index in [0.717, 1.165) is 0 Å². The van der Waals surface area contributed by atoms with Crippen LogP contribution in [0, 0.1) is 5.41 Å². The van der Waals surface area contributed by atoms with Gasteiger partial charge in [-0.05, 0) is 18.6 Å². The molecule has 1 atom stereocenters. The molecule has 1 aromatic heterocycles. The monoisotopic (exact) mass is 315 g/mol. The molecule has 2 rings (SSSR count). The van der Waals surface area contributed by atoms with Gasteiger partial charge in [-0.15, -0.1) is 0 Å². The van der Waals surface area contributed by atoms with Gasteiger partial charge in [0.05, 0.1) is 6.54 Å². The van der Waals surface area contributed by atoms with Crippen molar-refractivity contribution >= 4 is 29.1 Å². The van der Waals surface area contributed by atoms with Crippen molar-refractivity contribution in [1.29, 1.82) is 5.41 Å². The van der Waals surface area contributed by atoms with Crippen LogP contribution in [-0.4, -0.2) is 45.8 Å². The zero-order valence-electron chi connectivity index (χ0n) is 12.6. The number of Topliss-reactive ketones (excluding diaryl/α,β-unsaturated/α-hetero) is 1. The van der Waals surface area contributed by atoms with Crippen molar-refractivity contribution in [2.24, 2.45) is 5.73 Å². The third-order valence-corrected chi connectivity index (χ3v) is 3.41. The number of nitrogens with one attached hydrogen (secondary N) is 2. The summed E-state index contributed by atoms with van der Waals surface area (Å²) >= 11 is 0. The maximum absolute atomic E-state index is 12.2. The molecule has 2 amide bonds. The molecule has 0 radical (unpaired) electrons. The summed E-state index contributed by atoms with van der Waals surface area (Å²) in [6.07, 6.45) is 5.11. The van der Waals surface area contributed by atoms with E-state index in [1.54, 1.807) is 18.2 Å². The molecule has 8 nitrogen and oxygen atoms in total. The van der Waals surface area contributed by atoms with Gasteiger partial charge in [0.25, 0.3) is 0 Å². The minimum atomic E-state index is -0.678. The Balaban J connectivity index is 2.08. The molecule has 0 aliphatic carbocycles. The van der Waals surface area contributed by atoms with E-state index in [2.05, 4.69) is 10.3 Å². The highest BCUT2D eigenvalue weighted by Crippen LogP contribution is 2.16. The minimum Gasteiger partial charge on any atom is -0.368 e. The molecule has 0 aromatic carbocycles. The number of ketones is 1. The van der Waals surface area contributed by atoms with Gasteiger partial charge in [0.2, 0.25) is 11.8 Å². The highest BCUT2D eigenvalue weighted by atomic mass is 16.2. The van der Waals surface area contributed by atoms with E-state index in [-0.39, 0.29) is 24.0 Å². The number of rotatable bonds is 6. The smallest absolute Gasteiger partial charge is 0.246 e. The number of hydrogen-bond acceptors (Lipinski definition) is 6. The van der Waals surface area contributed by atoms with Gasteiger partial charge in [0.15, 0.2) is 5.78 Å². The van der Waals surface area contributed by atoms with Crippen LogP contribution in [0.2, 0.25) is 0 Å². The molecule has 23 heavy (non-hydrogen) atoms. The van der Waals surface area contributed by atoms with Crippen LogP contribution in [0.5, 0.6) is 0 Å². The predicted octanol–water partition coefficient (Wildman–Crippen LogP) is 0.0503. The molecule has 0 spiro atoms. The summed E-state index contributed by atoms with van der Waals surface area (Å²) in [5.74, 6) is -1.06. The van der Waals surface area contributed by atoms with Crippen LogP contribution >= 0.6 is 0 Å². The number of nitrogens with two attached hydrogens (primary N) is 1. The number of nitrogens with zero attached hydrogens (tertiary/aromatic N) is 2. The van der Waals surface area contributed by atoms with E-state index in [4.69, 9.17) is 11.1 Å². The number of anilines is 1. The van der Waals surface area contributed by atoms with Crippen molar-refractivity contribution in [3.8, 4) is 0 Å². The van der Waals surface area contributed by atoms with Crippen LogP contribution in [0.1, 0.15) is 18.9 Å².